The lowest BCUT2D eigenvalue weighted by molar-refractivity contribution is -0.146. The van der Waals surface area contributed by atoms with Gasteiger partial charge in [-0.25, -0.2) is 0 Å². The van der Waals surface area contributed by atoms with Gasteiger partial charge in [0.2, 0.25) is 5.91 Å². The molecule has 1 N–H and O–H groups in total. The zero-order chi connectivity index (χ0) is 17.0. The van der Waals surface area contributed by atoms with Crippen molar-refractivity contribution in [1.29, 1.82) is 0 Å². The minimum absolute atomic E-state index is 0.0395. The molecule has 0 aromatic heterocycles. The Labute approximate surface area is 138 Å². The third-order valence-corrected chi connectivity index (χ3v) is 4.55. The Kier molecular flexibility index (Phi) is 5.80. The van der Waals surface area contributed by atoms with Crippen molar-refractivity contribution in [3.63, 3.8) is 0 Å². The summed E-state index contributed by atoms with van der Waals surface area (Å²) in [5, 5.41) is 9.18. The van der Waals surface area contributed by atoms with E-state index in [0.29, 0.717) is 25.4 Å². The summed E-state index contributed by atoms with van der Waals surface area (Å²) in [5.74, 6) is -0.830. The quantitative estimate of drug-likeness (QED) is 0.906. The monoisotopic (exact) mass is 317 g/mol. The first-order chi connectivity index (χ1) is 10.9. The Morgan fingerprint density at radius 3 is 2.70 bits per heavy atom. The van der Waals surface area contributed by atoms with E-state index >= 15 is 0 Å². The van der Waals surface area contributed by atoms with E-state index in [-0.39, 0.29) is 11.8 Å². The predicted molar refractivity (Wildman–Crippen MR) is 90.3 cm³/mol. The van der Waals surface area contributed by atoms with E-state index in [0.717, 1.165) is 18.4 Å². The Hall–Kier alpha value is -1.84. The molecule has 126 valence electrons. The van der Waals surface area contributed by atoms with Crippen molar-refractivity contribution >= 4 is 11.9 Å². The highest BCUT2D eigenvalue weighted by atomic mass is 16.4. The van der Waals surface area contributed by atoms with E-state index in [9.17, 15) is 14.7 Å². The number of hydrogen-bond acceptors (Lipinski definition) is 2. The number of nitrogens with zero attached hydrogens (tertiary/aromatic N) is 1. The third kappa shape index (κ3) is 4.57. The zero-order valence-electron chi connectivity index (χ0n) is 14.3. The number of amides is 1. The summed E-state index contributed by atoms with van der Waals surface area (Å²) in [7, 11) is 0. The van der Waals surface area contributed by atoms with Crippen LogP contribution in [-0.4, -0.2) is 35.0 Å². The molecule has 0 bridgehead atoms. The lowest BCUT2D eigenvalue weighted by atomic mass is 9.92. The maximum atomic E-state index is 12.7. The Morgan fingerprint density at radius 2 is 2.04 bits per heavy atom. The molecular weight excluding hydrogens is 290 g/mol. The molecule has 0 radical (unpaired) electrons. The lowest BCUT2D eigenvalue weighted by Crippen LogP contribution is -2.43. The lowest BCUT2D eigenvalue weighted by Gasteiger charge is -2.32. The van der Waals surface area contributed by atoms with E-state index in [4.69, 9.17) is 0 Å². The number of carbonyl (C=O) groups is 2. The SMILES string of the molecule is CC(C)Cc1cccc(C(C)C(=O)N2CCCC(C(=O)O)C2)c1. The van der Waals surface area contributed by atoms with Gasteiger partial charge in [-0.2, -0.15) is 0 Å². The van der Waals surface area contributed by atoms with Crippen molar-refractivity contribution in [3.05, 3.63) is 35.4 Å². The highest BCUT2D eigenvalue weighted by Gasteiger charge is 2.30. The fraction of sp³-hybridized carbons (Fsp3) is 0.579. The largest absolute Gasteiger partial charge is 0.481 e. The van der Waals surface area contributed by atoms with Crippen LogP contribution in [-0.2, 0) is 16.0 Å². The Balaban J connectivity index is 2.08. The summed E-state index contributed by atoms with van der Waals surface area (Å²) in [6.45, 7) is 7.28. The molecule has 1 aromatic carbocycles. The van der Waals surface area contributed by atoms with Crippen LogP contribution in [0.3, 0.4) is 0 Å². The van der Waals surface area contributed by atoms with Crippen LogP contribution >= 0.6 is 0 Å². The molecule has 2 rings (SSSR count). The molecule has 2 atom stereocenters. The number of carboxylic acid groups (broad SMARTS) is 1. The van der Waals surface area contributed by atoms with Crippen LogP contribution in [0.15, 0.2) is 24.3 Å². The fourth-order valence-corrected chi connectivity index (χ4v) is 3.26. The molecule has 1 aromatic rings. The molecule has 1 aliphatic heterocycles. The normalized spacial score (nSPS) is 19.7. The van der Waals surface area contributed by atoms with Crippen LogP contribution in [0.1, 0.15) is 50.7 Å². The first-order valence-electron chi connectivity index (χ1n) is 8.49. The van der Waals surface area contributed by atoms with E-state index < -0.39 is 11.9 Å². The molecule has 1 fully saturated rings. The Bertz CT molecular complexity index is 567. The Morgan fingerprint density at radius 1 is 1.30 bits per heavy atom. The molecule has 1 aliphatic rings. The van der Waals surface area contributed by atoms with Crippen molar-refractivity contribution in [2.75, 3.05) is 13.1 Å². The standard InChI is InChI=1S/C19H27NO3/c1-13(2)10-15-6-4-7-16(11-15)14(3)18(21)20-9-5-8-17(12-20)19(22)23/h4,6-7,11,13-14,17H,5,8-10,12H2,1-3H3,(H,22,23). The maximum absolute atomic E-state index is 12.7. The van der Waals surface area contributed by atoms with Gasteiger partial charge in [0.05, 0.1) is 11.8 Å². The number of piperidine rings is 1. The average molecular weight is 317 g/mol. The molecular formula is C19H27NO3. The van der Waals surface area contributed by atoms with Crippen LogP contribution in [0.4, 0.5) is 0 Å². The number of likely N-dealkylation sites (tertiary alicyclic amines) is 1. The van der Waals surface area contributed by atoms with Gasteiger partial charge in [0.15, 0.2) is 0 Å². The van der Waals surface area contributed by atoms with Gasteiger partial charge in [0.1, 0.15) is 0 Å². The molecule has 1 amide bonds. The first-order valence-corrected chi connectivity index (χ1v) is 8.49. The van der Waals surface area contributed by atoms with Gasteiger partial charge in [0.25, 0.3) is 0 Å². The summed E-state index contributed by atoms with van der Waals surface area (Å²) < 4.78 is 0. The number of aliphatic carboxylic acids is 1. The van der Waals surface area contributed by atoms with Gasteiger partial charge in [-0.3, -0.25) is 9.59 Å². The van der Waals surface area contributed by atoms with Crippen molar-refractivity contribution < 1.29 is 14.7 Å². The molecule has 23 heavy (non-hydrogen) atoms. The second kappa shape index (κ2) is 7.62. The first kappa shape index (κ1) is 17.5. The molecule has 4 nitrogen and oxygen atoms in total. The van der Waals surface area contributed by atoms with Gasteiger partial charge >= 0.3 is 5.97 Å². The predicted octanol–water partition coefficient (Wildman–Crippen LogP) is 3.31. The maximum Gasteiger partial charge on any atom is 0.308 e. The second-order valence-corrected chi connectivity index (χ2v) is 7.03. The van der Waals surface area contributed by atoms with Gasteiger partial charge in [-0.15, -0.1) is 0 Å². The fourth-order valence-electron chi connectivity index (χ4n) is 3.26. The topological polar surface area (TPSA) is 57.6 Å². The van der Waals surface area contributed by atoms with Crippen molar-refractivity contribution in [2.45, 2.75) is 46.0 Å². The number of hydrogen-bond donors (Lipinski definition) is 1. The minimum Gasteiger partial charge on any atom is -0.481 e. The molecule has 4 heteroatoms. The number of benzene rings is 1. The van der Waals surface area contributed by atoms with Crippen molar-refractivity contribution in [3.8, 4) is 0 Å². The molecule has 1 heterocycles. The molecule has 0 aliphatic carbocycles. The summed E-state index contributed by atoms with van der Waals surface area (Å²) >= 11 is 0. The zero-order valence-corrected chi connectivity index (χ0v) is 14.3. The number of carbonyl (C=O) groups excluding carboxylic acids is 1. The minimum atomic E-state index is -0.797. The molecule has 1 saturated heterocycles. The number of rotatable bonds is 5. The van der Waals surface area contributed by atoms with E-state index in [1.165, 1.54) is 5.56 Å². The second-order valence-electron chi connectivity index (χ2n) is 7.03. The van der Waals surface area contributed by atoms with Crippen LogP contribution in [0.2, 0.25) is 0 Å². The molecule has 0 saturated carbocycles. The van der Waals surface area contributed by atoms with Gasteiger partial charge in [-0.05, 0) is 43.2 Å². The van der Waals surface area contributed by atoms with Crippen molar-refractivity contribution in [2.24, 2.45) is 11.8 Å². The highest BCUT2D eigenvalue weighted by molar-refractivity contribution is 5.84. The van der Waals surface area contributed by atoms with E-state index in [1.807, 2.05) is 19.1 Å². The van der Waals surface area contributed by atoms with Gasteiger partial charge in [0, 0.05) is 13.1 Å². The van der Waals surface area contributed by atoms with Crippen LogP contribution in [0.5, 0.6) is 0 Å². The molecule has 0 spiro atoms. The summed E-state index contributed by atoms with van der Waals surface area (Å²) in [5.41, 5.74) is 2.27. The van der Waals surface area contributed by atoms with E-state index in [1.54, 1.807) is 4.90 Å². The van der Waals surface area contributed by atoms with E-state index in [2.05, 4.69) is 26.0 Å². The van der Waals surface area contributed by atoms with Gasteiger partial charge in [-0.1, -0.05) is 38.1 Å². The summed E-state index contributed by atoms with van der Waals surface area (Å²) in [4.78, 5) is 25.6. The number of carboxylic acids is 1. The highest BCUT2D eigenvalue weighted by Crippen LogP contribution is 2.24. The summed E-state index contributed by atoms with van der Waals surface area (Å²) in [6, 6.07) is 8.21. The molecule has 2 unspecified atom stereocenters. The summed E-state index contributed by atoms with van der Waals surface area (Å²) in [6.07, 6.45) is 2.43. The van der Waals surface area contributed by atoms with Crippen LogP contribution in [0.25, 0.3) is 0 Å². The van der Waals surface area contributed by atoms with Gasteiger partial charge < -0.3 is 10.0 Å². The van der Waals surface area contributed by atoms with Crippen LogP contribution < -0.4 is 0 Å². The average Bonchev–Trinajstić information content (AvgIpc) is 2.53. The smallest absolute Gasteiger partial charge is 0.308 e. The van der Waals surface area contributed by atoms with Crippen LogP contribution in [0, 0.1) is 11.8 Å². The third-order valence-electron chi connectivity index (χ3n) is 4.55. The van der Waals surface area contributed by atoms with Crippen molar-refractivity contribution in [1.82, 2.24) is 4.90 Å².